The Kier molecular flexibility index (Phi) is 9.77. The van der Waals surface area contributed by atoms with Crippen LogP contribution in [0.25, 0.3) is 5.70 Å². The number of fused-ring (bicyclic) bond motifs is 1. The predicted octanol–water partition coefficient (Wildman–Crippen LogP) is 10.8. The Labute approximate surface area is 322 Å². The molecule has 6 aromatic rings. The molecule has 4 nitrogen and oxygen atoms in total. The van der Waals surface area contributed by atoms with Crippen LogP contribution in [0.1, 0.15) is 73.0 Å². The van der Waals surface area contributed by atoms with Crippen LogP contribution in [0.2, 0.25) is 0 Å². The van der Waals surface area contributed by atoms with E-state index in [2.05, 4.69) is 195 Å². The van der Waals surface area contributed by atoms with Gasteiger partial charge in [-0.2, -0.15) is 0 Å². The Balaban J connectivity index is 1.44. The Morgan fingerprint density at radius 1 is 0.556 bits per heavy atom. The molecular formula is C49H44N2O2Se. The molecule has 0 aromatic heterocycles. The van der Waals surface area contributed by atoms with E-state index < -0.39 is 18.8 Å². The van der Waals surface area contributed by atoms with Crippen LogP contribution < -0.4 is 4.90 Å². The fraction of sp³-hybridized carbons (Fsp3) is 0.143. The van der Waals surface area contributed by atoms with Crippen molar-refractivity contribution in [1.29, 1.82) is 0 Å². The van der Waals surface area contributed by atoms with Gasteiger partial charge in [-0.15, -0.1) is 0 Å². The standard InChI is InChI=1S/C49H44N2O2Se/c1-33-28-35(3)45(36(4)29-33)44-27-17-26-41-32-50(49(51(41)44)54(52)53)48-42(46(37-18-9-5-10-19-37)38-20-11-6-12-21-38)30-34(2)31-43(48)47(39-22-13-7-14-23-39)40-24-15-8-16-25-40/h5-32,46-47,49,54H,1-4H3. The van der Waals surface area contributed by atoms with Crippen LogP contribution in [-0.2, 0) is 7.67 Å². The van der Waals surface area contributed by atoms with Gasteiger partial charge in [0.1, 0.15) is 0 Å². The summed E-state index contributed by atoms with van der Waals surface area (Å²) in [6, 6.07) is 51.3. The topological polar surface area (TPSA) is 40.6 Å². The second kappa shape index (κ2) is 14.9. The summed E-state index contributed by atoms with van der Waals surface area (Å²) in [5.41, 5.74) is 15.0. The Morgan fingerprint density at radius 3 is 1.37 bits per heavy atom. The molecule has 0 radical (unpaired) electrons. The molecule has 54 heavy (non-hydrogen) atoms. The Hall–Kier alpha value is -5.74. The van der Waals surface area contributed by atoms with Crippen molar-refractivity contribution in [2.45, 2.75) is 44.6 Å². The van der Waals surface area contributed by atoms with E-state index in [0.717, 1.165) is 72.7 Å². The first kappa shape index (κ1) is 35.3. The van der Waals surface area contributed by atoms with Gasteiger partial charge in [0.15, 0.2) is 0 Å². The van der Waals surface area contributed by atoms with Crippen molar-refractivity contribution < 1.29 is 7.67 Å². The molecule has 6 aromatic carbocycles. The molecule has 0 bridgehead atoms. The summed E-state index contributed by atoms with van der Waals surface area (Å²) >= 11 is -4.02. The van der Waals surface area contributed by atoms with E-state index >= 15 is 0 Å². The van der Waals surface area contributed by atoms with Crippen LogP contribution in [0.4, 0.5) is 5.69 Å². The van der Waals surface area contributed by atoms with E-state index in [-0.39, 0.29) is 11.8 Å². The van der Waals surface area contributed by atoms with Crippen molar-refractivity contribution in [3.8, 4) is 0 Å². The quantitative estimate of drug-likeness (QED) is 0.108. The maximum absolute atomic E-state index is 14.1. The molecule has 0 fully saturated rings. The molecule has 0 saturated heterocycles. The number of benzene rings is 6. The van der Waals surface area contributed by atoms with E-state index in [0.29, 0.717) is 0 Å². The van der Waals surface area contributed by atoms with Gasteiger partial charge in [0.05, 0.1) is 0 Å². The van der Waals surface area contributed by atoms with Crippen LogP contribution in [0, 0.1) is 27.7 Å². The van der Waals surface area contributed by atoms with Gasteiger partial charge in [-0.25, -0.2) is 0 Å². The minimum absolute atomic E-state index is 0.170. The van der Waals surface area contributed by atoms with Crippen LogP contribution in [0.5, 0.6) is 0 Å². The summed E-state index contributed by atoms with van der Waals surface area (Å²) in [5.74, 6) is -0.340. The number of allylic oxidation sites excluding steroid dienone is 3. The van der Waals surface area contributed by atoms with Crippen molar-refractivity contribution in [2.24, 2.45) is 0 Å². The molecule has 8 rings (SSSR count). The summed E-state index contributed by atoms with van der Waals surface area (Å²) in [5, 5.41) is -0.927. The first-order chi connectivity index (χ1) is 26.3. The molecule has 5 heteroatoms. The number of nitrogens with zero attached hydrogens (tertiary/aromatic N) is 2. The summed E-state index contributed by atoms with van der Waals surface area (Å²) in [4.78, 5) is 4.14. The normalized spacial score (nSPS) is 15.2. The summed E-state index contributed by atoms with van der Waals surface area (Å²) in [6.07, 6.45) is 8.23. The van der Waals surface area contributed by atoms with Crippen LogP contribution in [0.15, 0.2) is 176 Å². The van der Waals surface area contributed by atoms with Crippen molar-refractivity contribution in [3.05, 3.63) is 237 Å². The molecule has 0 amide bonds. The SMILES string of the molecule is Cc1cc(C)c(C2=CC=CC3=CN(c4c(C(c5ccccc5)c5ccccc5)cc(C)cc4C(c4ccccc4)c4ccccc4)C([SeH](=O)=O)N32)c(C)c1. The average molecular weight is 772 g/mol. The first-order valence-corrected chi connectivity index (χ1v) is 21.2. The van der Waals surface area contributed by atoms with Gasteiger partial charge < -0.3 is 0 Å². The monoisotopic (exact) mass is 772 g/mol. The fourth-order valence-corrected chi connectivity index (χ4v) is 10.4. The zero-order chi connectivity index (χ0) is 37.3. The molecule has 0 spiro atoms. The molecule has 0 aliphatic carbocycles. The number of hydrogen-bond donors (Lipinski definition) is 0. The van der Waals surface area contributed by atoms with E-state index in [1.807, 2.05) is 12.2 Å². The van der Waals surface area contributed by atoms with Gasteiger partial charge >= 0.3 is 324 Å². The Morgan fingerprint density at radius 2 is 0.963 bits per heavy atom. The van der Waals surface area contributed by atoms with E-state index in [1.165, 1.54) is 5.56 Å². The summed E-state index contributed by atoms with van der Waals surface area (Å²) in [6.45, 7) is 8.51. The zero-order valence-electron chi connectivity index (χ0n) is 31.1. The Bertz CT molecular complexity index is 2270. The van der Waals surface area contributed by atoms with Crippen LogP contribution >= 0.6 is 0 Å². The second-order valence-electron chi connectivity index (χ2n) is 14.4. The van der Waals surface area contributed by atoms with Crippen molar-refractivity contribution >= 4 is 25.1 Å². The van der Waals surface area contributed by atoms with Gasteiger partial charge in [-0.05, 0) is 0 Å². The molecule has 0 N–H and O–H groups in total. The van der Waals surface area contributed by atoms with Crippen molar-refractivity contribution in [3.63, 3.8) is 0 Å². The summed E-state index contributed by atoms with van der Waals surface area (Å²) < 4.78 is 28.2. The maximum atomic E-state index is 14.1. The molecule has 2 aliphatic heterocycles. The van der Waals surface area contributed by atoms with Gasteiger partial charge in [0.2, 0.25) is 0 Å². The first-order valence-electron chi connectivity index (χ1n) is 18.5. The molecule has 2 aliphatic rings. The van der Waals surface area contributed by atoms with Crippen LogP contribution in [0.3, 0.4) is 0 Å². The van der Waals surface area contributed by atoms with Gasteiger partial charge in [-0.1, -0.05) is 0 Å². The van der Waals surface area contributed by atoms with Gasteiger partial charge in [0, 0.05) is 0 Å². The third-order valence-electron chi connectivity index (χ3n) is 10.7. The molecular weight excluding hydrogens is 728 g/mol. The van der Waals surface area contributed by atoms with Crippen molar-refractivity contribution in [1.82, 2.24) is 4.90 Å². The van der Waals surface area contributed by atoms with Gasteiger partial charge in [-0.3, -0.25) is 0 Å². The van der Waals surface area contributed by atoms with E-state index in [9.17, 15) is 7.67 Å². The fourth-order valence-electron chi connectivity index (χ4n) is 8.66. The molecule has 0 saturated carbocycles. The predicted molar refractivity (Wildman–Crippen MR) is 221 cm³/mol. The van der Waals surface area contributed by atoms with Gasteiger partial charge in [0.25, 0.3) is 0 Å². The third-order valence-corrected chi connectivity index (χ3v) is 12.5. The second-order valence-corrected chi connectivity index (χ2v) is 16.6. The van der Waals surface area contributed by atoms with Crippen LogP contribution in [-0.4, -0.2) is 23.7 Å². The number of anilines is 1. The molecule has 1 atom stereocenters. The minimum atomic E-state index is -4.02. The van der Waals surface area contributed by atoms with E-state index in [1.54, 1.807) is 0 Å². The number of aryl methyl sites for hydroxylation is 4. The molecule has 268 valence electrons. The third kappa shape index (κ3) is 6.55. The van der Waals surface area contributed by atoms with E-state index in [4.69, 9.17) is 0 Å². The van der Waals surface area contributed by atoms with Crippen molar-refractivity contribution in [2.75, 3.05) is 4.90 Å². The number of rotatable bonds is 9. The summed E-state index contributed by atoms with van der Waals surface area (Å²) in [7, 11) is 0. The number of hydrogen-bond acceptors (Lipinski definition) is 4. The average Bonchev–Trinajstić information content (AvgIpc) is 3.57. The zero-order valence-corrected chi connectivity index (χ0v) is 32.9. The molecule has 1 unspecified atom stereocenters. The molecule has 2 heterocycles.